The molecule has 32 heavy (non-hydrogen) atoms. The van der Waals surface area contributed by atoms with Crippen LogP contribution in [0.25, 0.3) is 11.1 Å². The first-order valence-corrected chi connectivity index (χ1v) is 11.1. The van der Waals surface area contributed by atoms with Gasteiger partial charge in [-0.2, -0.15) is 0 Å². The van der Waals surface area contributed by atoms with Crippen molar-refractivity contribution in [3.63, 3.8) is 0 Å². The summed E-state index contributed by atoms with van der Waals surface area (Å²) < 4.78 is 69.8. The van der Waals surface area contributed by atoms with Crippen molar-refractivity contribution >= 4 is 33.1 Å². The van der Waals surface area contributed by atoms with Crippen LogP contribution < -0.4 is 10.0 Å². The van der Waals surface area contributed by atoms with Crippen LogP contribution in [-0.4, -0.2) is 24.7 Å². The van der Waals surface area contributed by atoms with E-state index in [1.54, 1.807) is 6.07 Å². The quantitative estimate of drug-likeness (QED) is 0.453. The predicted molar refractivity (Wildman–Crippen MR) is 114 cm³/mol. The van der Waals surface area contributed by atoms with Gasteiger partial charge in [0, 0.05) is 0 Å². The summed E-state index contributed by atoms with van der Waals surface area (Å²) in [6, 6.07) is 11.6. The Labute approximate surface area is 181 Å². The van der Waals surface area contributed by atoms with Gasteiger partial charge < -0.3 is 10.4 Å². The molecule has 1 aliphatic rings. The number of nitrogens with one attached hydrogen (secondary N) is 2. The van der Waals surface area contributed by atoms with Gasteiger partial charge in [0.25, 0.3) is 0 Å². The number of carboxylic acids is 1. The van der Waals surface area contributed by atoms with Crippen molar-refractivity contribution in [2.45, 2.75) is 18.1 Å². The average molecular weight is 462 g/mol. The van der Waals surface area contributed by atoms with Crippen LogP contribution in [-0.2, 0) is 10.0 Å². The Morgan fingerprint density at radius 2 is 1.59 bits per heavy atom. The molecule has 0 aliphatic heterocycles. The first kappa shape index (κ1) is 21.7. The molecule has 3 aromatic carbocycles. The summed E-state index contributed by atoms with van der Waals surface area (Å²) in [6.07, 6.45) is 0.946. The molecule has 0 aromatic heterocycles. The number of halogens is 3. The largest absolute Gasteiger partial charge is 0.478 e. The van der Waals surface area contributed by atoms with E-state index >= 15 is 0 Å². The van der Waals surface area contributed by atoms with Gasteiger partial charge in [-0.1, -0.05) is 18.2 Å². The van der Waals surface area contributed by atoms with Gasteiger partial charge in [0.05, 0.1) is 22.2 Å². The zero-order valence-electron chi connectivity index (χ0n) is 16.4. The van der Waals surface area contributed by atoms with E-state index in [1.165, 1.54) is 30.3 Å². The lowest BCUT2D eigenvalue weighted by Gasteiger charge is -2.16. The van der Waals surface area contributed by atoms with Crippen molar-refractivity contribution in [3.8, 4) is 11.1 Å². The van der Waals surface area contributed by atoms with Crippen molar-refractivity contribution in [2.24, 2.45) is 0 Å². The van der Waals surface area contributed by atoms with Gasteiger partial charge >= 0.3 is 5.97 Å². The molecule has 0 atom stereocenters. The smallest absolute Gasteiger partial charge is 0.335 e. The molecule has 3 aromatic rings. The lowest BCUT2D eigenvalue weighted by molar-refractivity contribution is 0.0697. The summed E-state index contributed by atoms with van der Waals surface area (Å²) >= 11 is 0. The summed E-state index contributed by atoms with van der Waals surface area (Å²) in [4.78, 5) is 11.1. The van der Waals surface area contributed by atoms with Gasteiger partial charge in [-0.05, 0) is 60.4 Å². The number of rotatable bonds is 7. The Morgan fingerprint density at radius 3 is 2.25 bits per heavy atom. The third-order valence-electron chi connectivity index (χ3n) is 4.98. The predicted octanol–water partition coefficient (Wildman–Crippen LogP) is 5.12. The van der Waals surface area contributed by atoms with Crippen molar-refractivity contribution < 1.29 is 31.5 Å². The minimum Gasteiger partial charge on any atom is -0.478 e. The van der Waals surface area contributed by atoms with Crippen LogP contribution in [0.1, 0.15) is 23.2 Å². The summed E-state index contributed by atoms with van der Waals surface area (Å²) in [7, 11) is -3.77. The van der Waals surface area contributed by atoms with Gasteiger partial charge in [-0.25, -0.2) is 26.4 Å². The fraction of sp³-hybridized carbons (Fsp3) is 0.136. The molecular formula is C22H17F3N2O4S. The van der Waals surface area contributed by atoms with Crippen molar-refractivity contribution in [1.82, 2.24) is 0 Å². The molecule has 0 saturated heterocycles. The second kappa shape index (κ2) is 8.19. The molecule has 0 unspecified atom stereocenters. The highest BCUT2D eigenvalue weighted by Gasteiger charge is 2.36. The molecule has 166 valence electrons. The molecule has 0 bridgehead atoms. The SMILES string of the molecule is O=C(O)c1cccc(-c2ccc(Nc3c(NS(=O)(=O)C4CC4)ccc(F)c3F)c(F)c2)c1. The highest BCUT2D eigenvalue weighted by Crippen LogP contribution is 2.36. The lowest BCUT2D eigenvalue weighted by Crippen LogP contribution is -2.18. The van der Waals surface area contributed by atoms with E-state index in [1.807, 2.05) is 0 Å². The number of anilines is 3. The maximum Gasteiger partial charge on any atom is 0.335 e. The van der Waals surface area contributed by atoms with Crippen LogP contribution in [0.4, 0.5) is 30.2 Å². The van der Waals surface area contributed by atoms with Crippen LogP contribution in [0.15, 0.2) is 54.6 Å². The Morgan fingerprint density at radius 1 is 0.906 bits per heavy atom. The highest BCUT2D eigenvalue weighted by atomic mass is 32.2. The lowest BCUT2D eigenvalue weighted by atomic mass is 10.0. The fourth-order valence-corrected chi connectivity index (χ4v) is 4.54. The zero-order chi connectivity index (χ0) is 23.0. The molecule has 3 N–H and O–H groups in total. The molecule has 6 nitrogen and oxygen atoms in total. The summed E-state index contributed by atoms with van der Waals surface area (Å²) in [5.74, 6) is -4.56. The maximum atomic E-state index is 14.8. The van der Waals surface area contributed by atoms with E-state index in [-0.39, 0.29) is 16.9 Å². The van der Waals surface area contributed by atoms with Gasteiger partial charge in [-0.3, -0.25) is 4.72 Å². The second-order valence-corrected chi connectivity index (χ2v) is 9.30. The minimum atomic E-state index is -3.77. The van der Waals surface area contributed by atoms with Crippen molar-refractivity contribution in [3.05, 3.63) is 77.6 Å². The molecule has 0 spiro atoms. The van der Waals surface area contributed by atoms with Crippen LogP contribution in [0.5, 0.6) is 0 Å². The third kappa shape index (κ3) is 4.40. The Bertz CT molecular complexity index is 1320. The van der Waals surface area contributed by atoms with E-state index in [9.17, 15) is 26.4 Å². The molecule has 1 saturated carbocycles. The summed E-state index contributed by atoms with van der Waals surface area (Å²) in [6.45, 7) is 0. The topological polar surface area (TPSA) is 95.5 Å². The number of sulfonamides is 1. The third-order valence-corrected chi connectivity index (χ3v) is 6.84. The molecule has 0 amide bonds. The van der Waals surface area contributed by atoms with Crippen LogP contribution in [0, 0.1) is 17.5 Å². The average Bonchev–Trinajstić information content (AvgIpc) is 3.60. The monoisotopic (exact) mass is 462 g/mol. The molecule has 10 heteroatoms. The number of hydrogen-bond acceptors (Lipinski definition) is 4. The second-order valence-electron chi connectivity index (χ2n) is 7.34. The highest BCUT2D eigenvalue weighted by molar-refractivity contribution is 7.93. The molecule has 1 aliphatic carbocycles. The standard InChI is InChI=1S/C22H17F3N2O4S/c23-16-7-9-19(27-32(30,31)15-5-6-15)21(20(16)25)26-18-8-4-13(11-17(18)24)12-2-1-3-14(10-12)22(28)29/h1-4,7-11,15,26-27H,5-6H2,(H,28,29). The number of benzene rings is 3. The van der Waals surface area contributed by atoms with Crippen molar-refractivity contribution in [2.75, 3.05) is 10.0 Å². The minimum absolute atomic E-state index is 0.0273. The molecular weight excluding hydrogens is 445 g/mol. The van der Waals surface area contributed by atoms with E-state index in [0.29, 0.717) is 24.0 Å². The van der Waals surface area contributed by atoms with Crippen LogP contribution in [0.3, 0.4) is 0 Å². The first-order valence-electron chi connectivity index (χ1n) is 9.55. The Hall–Kier alpha value is -3.53. The summed E-state index contributed by atoms with van der Waals surface area (Å²) in [5, 5.41) is 10.9. The normalized spacial score (nSPS) is 13.6. The number of hydrogen-bond donors (Lipinski definition) is 3. The molecule has 0 heterocycles. The van der Waals surface area contributed by atoms with E-state index in [4.69, 9.17) is 5.11 Å². The van der Waals surface area contributed by atoms with E-state index in [2.05, 4.69) is 10.0 Å². The van der Waals surface area contributed by atoms with Gasteiger partial charge in [0.1, 0.15) is 11.5 Å². The summed E-state index contributed by atoms with van der Waals surface area (Å²) in [5.41, 5.74) is -0.170. The first-order chi connectivity index (χ1) is 15.2. The zero-order valence-corrected chi connectivity index (χ0v) is 17.2. The molecule has 0 radical (unpaired) electrons. The van der Waals surface area contributed by atoms with Gasteiger partial charge in [0.15, 0.2) is 11.6 Å². The van der Waals surface area contributed by atoms with Gasteiger partial charge in [0.2, 0.25) is 10.0 Å². The van der Waals surface area contributed by atoms with Crippen molar-refractivity contribution in [1.29, 1.82) is 0 Å². The van der Waals surface area contributed by atoms with E-state index < -0.39 is 44.4 Å². The molecule has 1 fully saturated rings. The fourth-order valence-electron chi connectivity index (χ4n) is 3.14. The van der Waals surface area contributed by atoms with Gasteiger partial charge in [-0.15, -0.1) is 0 Å². The maximum absolute atomic E-state index is 14.8. The van der Waals surface area contributed by atoms with Crippen LogP contribution >= 0.6 is 0 Å². The van der Waals surface area contributed by atoms with Crippen LogP contribution in [0.2, 0.25) is 0 Å². The Kier molecular flexibility index (Phi) is 5.55. The Balaban J connectivity index is 1.67. The number of carboxylic acid groups (broad SMARTS) is 1. The van der Waals surface area contributed by atoms with E-state index in [0.717, 1.165) is 18.2 Å². The molecule has 4 rings (SSSR count). The number of carbonyl (C=O) groups is 1. The number of aromatic carboxylic acids is 1.